The Morgan fingerprint density at radius 1 is 1.04 bits per heavy atom. The first-order valence-corrected chi connectivity index (χ1v) is 10.7. The molecule has 4 fully saturated rings. The molecule has 3 N–H and O–H groups in total. The predicted octanol–water partition coefficient (Wildman–Crippen LogP) is 3.83. The molecule has 0 aromatic heterocycles. The third kappa shape index (κ3) is 3.82. The number of Topliss-reactive ketones (excluding diaryl/α,β-unsaturated/α-hetero) is 1. The van der Waals surface area contributed by atoms with Crippen molar-refractivity contribution >= 4 is 11.8 Å². The van der Waals surface area contributed by atoms with Crippen LogP contribution in [-0.4, -0.2) is 29.1 Å². The maximum atomic E-state index is 12.9. The predicted molar refractivity (Wildman–Crippen MR) is 108 cm³/mol. The van der Waals surface area contributed by atoms with Gasteiger partial charge in [0, 0.05) is 11.1 Å². The summed E-state index contributed by atoms with van der Waals surface area (Å²) >= 11 is 0. The number of carbonyl (C=O) groups excluding carboxylic acids is 2. The molecule has 0 saturated heterocycles. The SMILES string of the molecule is CC(C)[C@@H](NC(=O)NC12CC3CC(CC(C3)C1)C2)c1ccc(C(=O)CO)cc1. The van der Waals surface area contributed by atoms with E-state index < -0.39 is 6.61 Å². The standard InChI is InChI=1S/C23H32N2O3/c1-14(2)21(19-5-3-18(4-6-19)20(27)13-26)24-22(28)25-23-10-15-7-16(11-23)9-17(8-15)12-23/h3-6,14-17,21,26H,7-13H2,1-2H3,(H2,24,25,28)/t15?,16?,17?,21-,23?/m1/s1. The van der Waals surface area contributed by atoms with E-state index in [1.54, 1.807) is 12.1 Å². The molecular formula is C23H32N2O3. The lowest BCUT2D eigenvalue weighted by Crippen LogP contribution is -2.61. The molecule has 4 aliphatic carbocycles. The highest BCUT2D eigenvalue weighted by Gasteiger charge is 2.51. The van der Waals surface area contributed by atoms with Gasteiger partial charge in [-0.2, -0.15) is 0 Å². The third-order valence-electron chi connectivity index (χ3n) is 7.11. The largest absolute Gasteiger partial charge is 0.388 e. The van der Waals surface area contributed by atoms with Crippen molar-refractivity contribution in [3.8, 4) is 0 Å². The monoisotopic (exact) mass is 384 g/mol. The highest BCUT2D eigenvalue weighted by atomic mass is 16.3. The summed E-state index contributed by atoms with van der Waals surface area (Å²) in [6.45, 7) is 3.68. The molecule has 0 aliphatic heterocycles. The summed E-state index contributed by atoms with van der Waals surface area (Å²) in [5, 5.41) is 15.6. The minimum atomic E-state index is -0.487. The van der Waals surface area contributed by atoms with Crippen LogP contribution in [0.3, 0.4) is 0 Å². The van der Waals surface area contributed by atoms with Crippen molar-refractivity contribution in [1.29, 1.82) is 0 Å². The number of hydrogen-bond acceptors (Lipinski definition) is 3. The van der Waals surface area contributed by atoms with Crippen LogP contribution >= 0.6 is 0 Å². The molecule has 0 unspecified atom stereocenters. The van der Waals surface area contributed by atoms with Crippen LogP contribution in [-0.2, 0) is 0 Å². The van der Waals surface area contributed by atoms with Gasteiger partial charge in [0.15, 0.2) is 5.78 Å². The zero-order chi connectivity index (χ0) is 19.9. The van der Waals surface area contributed by atoms with Crippen molar-refractivity contribution < 1.29 is 14.7 Å². The first-order valence-electron chi connectivity index (χ1n) is 10.7. The van der Waals surface area contributed by atoms with Gasteiger partial charge in [-0.05, 0) is 67.8 Å². The zero-order valence-corrected chi connectivity index (χ0v) is 16.9. The van der Waals surface area contributed by atoms with Gasteiger partial charge in [-0.1, -0.05) is 38.1 Å². The van der Waals surface area contributed by atoms with Gasteiger partial charge >= 0.3 is 6.03 Å². The van der Waals surface area contributed by atoms with Crippen LogP contribution in [0, 0.1) is 23.7 Å². The van der Waals surface area contributed by atoms with E-state index in [4.69, 9.17) is 5.11 Å². The Hall–Kier alpha value is -1.88. The van der Waals surface area contributed by atoms with Gasteiger partial charge in [0.25, 0.3) is 0 Å². The van der Waals surface area contributed by atoms with Crippen LogP contribution in [0.25, 0.3) is 0 Å². The maximum absolute atomic E-state index is 12.9. The van der Waals surface area contributed by atoms with Gasteiger partial charge in [0.05, 0.1) is 6.04 Å². The number of benzene rings is 1. The highest BCUT2D eigenvalue weighted by Crippen LogP contribution is 2.55. The normalized spacial score (nSPS) is 31.6. The molecular weight excluding hydrogens is 352 g/mol. The fraction of sp³-hybridized carbons (Fsp3) is 0.652. The molecule has 1 aromatic carbocycles. The van der Waals surface area contributed by atoms with E-state index in [9.17, 15) is 9.59 Å². The number of amides is 2. The maximum Gasteiger partial charge on any atom is 0.315 e. The Morgan fingerprint density at radius 2 is 1.57 bits per heavy atom. The van der Waals surface area contributed by atoms with Gasteiger partial charge in [-0.25, -0.2) is 4.79 Å². The number of urea groups is 1. The van der Waals surface area contributed by atoms with Crippen molar-refractivity contribution in [1.82, 2.24) is 10.6 Å². The van der Waals surface area contributed by atoms with Crippen LogP contribution in [0.15, 0.2) is 24.3 Å². The Balaban J connectivity index is 1.43. The molecule has 1 aromatic rings. The number of aliphatic hydroxyl groups is 1. The summed E-state index contributed by atoms with van der Waals surface area (Å²) in [6, 6.07) is 7.00. The van der Waals surface area contributed by atoms with E-state index in [1.807, 2.05) is 12.1 Å². The quantitative estimate of drug-likeness (QED) is 0.652. The third-order valence-corrected chi connectivity index (χ3v) is 7.11. The van der Waals surface area contributed by atoms with Gasteiger partial charge in [0.2, 0.25) is 0 Å². The molecule has 5 heteroatoms. The fourth-order valence-electron chi connectivity index (χ4n) is 6.28. The van der Waals surface area contributed by atoms with Crippen molar-refractivity contribution in [2.75, 3.05) is 6.61 Å². The fourth-order valence-corrected chi connectivity index (χ4v) is 6.28. The van der Waals surface area contributed by atoms with Crippen LogP contribution in [0.5, 0.6) is 0 Å². The first-order chi connectivity index (χ1) is 13.4. The minimum Gasteiger partial charge on any atom is -0.388 e. The number of nitrogens with one attached hydrogen (secondary N) is 2. The summed E-state index contributed by atoms with van der Waals surface area (Å²) in [6.07, 6.45) is 7.48. The topological polar surface area (TPSA) is 78.4 Å². The Morgan fingerprint density at radius 3 is 2.04 bits per heavy atom. The van der Waals surface area contributed by atoms with Crippen molar-refractivity contribution in [3.05, 3.63) is 35.4 Å². The molecule has 28 heavy (non-hydrogen) atoms. The lowest BCUT2D eigenvalue weighted by molar-refractivity contribution is -0.0137. The van der Waals surface area contributed by atoms with E-state index in [2.05, 4.69) is 24.5 Å². The van der Waals surface area contributed by atoms with Crippen LogP contribution in [0.4, 0.5) is 4.79 Å². The van der Waals surface area contributed by atoms with Crippen LogP contribution < -0.4 is 10.6 Å². The lowest BCUT2D eigenvalue weighted by Gasteiger charge is -2.56. The minimum absolute atomic E-state index is 0.00222. The molecule has 2 amide bonds. The van der Waals surface area contributed by atoms with E-state index in [0.29, 0.717) is 5.56 Å². The zero-order valence-electron chi connectivity index (χ0n) is 16.9. The number of carbonyl (C=O) groups is 2. The van der Waals surface area contributed by atoms with Crippen LogP contribution in [0.1, 0.15) is 74.3 Å². The number of rotatable bonds is 6. The van der Waals surface area contributed by atoms with Crippen molar-refractivity contribution in [3.63, 3.8) is 0 Å². The number of aliphatic hydroxyl groups excluding tert-OH is 1. The van der Waals surface area contributed by atoms with E-state index in [1.165, 1.54) is 19.3 Å². The Bertz CT molecular complexity index is 705. The first kappa shape index (κ1) is 19.4. The smallest absolute Gasteiger partial charge is 0.315 e. The second-order valence-corrected chi connectivity index (χ2v) is 9.72. The number of ketones is 1. The molecule has 5 rings (SSSR count). The molecule has 5 nitrogen and oxygen atoms in total. The molecule has 4 aliphatic rings. The summed E-state index contributed by atoms with van der Waals surface area (Å²) < 4.78 is 0. The average Bonchev–Trinajstić information content (AvgIpc) is 2.64. The highest BCUT2D eigenvalue weighted by molar-refractivity contribution is 5.96. The van der Waals surface area contributed by atoms with Crippen molar-refractivity contribution in [2.24, 2.45) is 23.7 Å². The van der Waals surface area contributed by atoms with Gasteiger partial charge < -0.3 is 15.7 Å². The summed E-state index contributed by atoms with van der Waals surface area (Å²) in [7, 11) is 0. The van der Waals surface area contributed by atoms with E-state index in [-0.39, 0.29) is 29.3 Å². The Kier molecular flexibility index (Phi) is 5.21. The molecule has 1 atom stereocenters. The molecule has 4 bridgehead atoms. The summed E-state index contributed by atoms with van der Waals surface area (Å²) in [5.41, 5.74) is 1.47. The second-order valence-electron chi connectivity index (χ2n) is 9.72. The van der Waals surface area contributed by atoms with E-state index in [0.717, 1.165) is 42.6 Å². The molecule has 0 spiro atoms. The second kappa shape index (κ2) is 7.51. The van der Waals surface area contributed by atoms with E-state index >= 15 is 0 Å². The number of hydrogen-bond donors (Lipinski definition) is 3. The van der Waals surface area contributed by atoms with Crippen LogP contribution in [0.2, 0.25) is 0 Å². The lowest BCUT2D eigenvalue weighted by atomic mass is 9.53. The molecule has 4 saturated carbocycles. The van der Waals surface area contributed by atoms with Gasteiger partial charge in [0.1, 0.15) is 6.61 Å². The van der Waals surface area contributed by atoms with Gasteiger partial charge in [-0.15, -0.1) is 0 Å². The summed E-state index contributed by atoms with van der Waals surface area (Å²) in [5.74, 6) is 2.32. The van der Waals surface area contributed by atoms with Crippen molar-refractivity contribution in [2.45, 2.75) is 64.0 Å². The average molecular weight is 385 g/mol. The Labute approximate surface area is 167 Å². The molecule has 0 radical (unpaired) electrons. The summed E-state index contributed by atoms with van der Waals surface area (Å²) in [4.78, 5) is 24.6. The molecule has 0 heterocycles. The molecule has 152 valence electrons. The van der Waals surface area contributed by atoms with Gasteiger partial charge in [-0.3, -0.25) is 4.79 Å².